The number of fused-ring (bicyclic) bond motifs is 1. The molecule has 3 rings (SSSR count). The maximum atomic E-state index is 5.47. The van der Waals surface area contributed by atoms with Crippen LogP contribution in [0.3, 0.4) is 0 Å². The minimum atomic E-state index is 0. The molecule has 0 bridgehead atoms. The molecule has 0 atom stereocenters. The van der Waals surface area contributed by atoms with E-state index in [2.05, 4.69) is 50.5 Å². The molecule has 1 aliphatic rings. The van der Waals surface area contributed by atoms with Gasteiger partial charge in [0.05, 0.1) is 16.7 Å². The van der Waals surface area contributed by atoms with Crippen molar-refractivity contribution in [2.24, 2.45) is 12.0 Å². The van der Waals surface area contributed by atoms with Crippen LogP contribution in [0.15, 0.2) is 21.6 Å². The van der Waals surface area contributed by atoms with Crippen LogP contribution in [0.5, 0.6) is 11.5 Å². The number of guanidine groups is 1. The van der Waals surface area contributed by atoms with Crippen molar-refractivity contribution in [1.82, 2.24) is 20.4 Å². The van der Waals surface area contributed by atoms with Crippen molar-refractivity contribution in [1.29, 1.82) is 0 Å². The van der Waals surface area contributed by atoms with Gasteiger partial charge in [-0.25, -0.2) is 4.99 Å². The van der Waals surface area contributed by atoms with Crippen molar-refractivity contribution in [2.75, 3.05) is 13.3 Å². The minimum absolute atomic E-state index is 0. The number of halogens is 2. The summed E-state index contributed by atoms with van der Waals surface area (Å²) in [5.74, 6) is 2.28. The van der Waals surface area contributed by atoms with E-state index in [9.17, 15) is 0 Å². The van der Waals surface area contributed by atoms with E-state index in [4.69, 9.17) is 9.47 Å². The van der Waals surface area contributed by atoms with Crippen LogP contribution in [0.2, 0.25) is 0 Å². The summed E-state index contributed by atoms with van der Waals surface area (Å²) in [6.45, 7) is 8.42. The van der Waals surface area contributed by atoms with Crippen LogP contribution in [-0.4, -0.2) is 29.1 Å². The highest BCUT2D eigenvalue weighted by atomic mass is 127. The highest BCUT2D eigenvalue weighted by Gasteiger charge is 2.18. The molecular formula is C18H25BrIN5O2. The fourth-order valence-electron chi connectivity index (χ4n) is 2.87. The van der Waals surface area contributed by atoms with Crippen LogP contribution < -0.4 is 20.1 Å². The summed E-state index contributed by atoms with van der Waals surface area (Å²) in [6, 6.07) is 3.98. The molecule has 0 unspecified atom stereocenters. The molecule has 0 spiro atoms. The van der Waals surface area contributed by atoms with Crippen molar-refractivity contribution < 1.29 is 9.47 Å². The SMILES string of the molecule is CCNC(=NCc1cc(Br)c2c(c1)OCO2)NCc1c(C)nn(C)c1C.I. The van der Waals surface area contributed by atoms with Gasteiger partial charge < -0.3 is 20.1 Å². The van der Waals surface area contributed by atoms with Gasteiger partial charge in [-0.15, -0.1) is 24.0 Å². The summed E-state index contributed by atoms with van der Waals surface area (Å²) in [6.07, 6.45) is 0. The maximum absolute atomic E-state index is 5.47. The minimum Gasteiger partial charge on any atom is -0.454 e. The highest BCUT2D eigenvalue weighted by Crippen LogP contribution is 2.40. The quantitative estimate of drug-likeness (QED) is 0.340. The number of benzene rings is 1. The zero-order valence-electron chi connectivity index (χ0n) is 15.9. The number of hydrogen-bond donors (Lipinski definition) is 2. The Morgan fingerprint density at radius 3 is 2.74 bits per heavy atom. The molecule has 0 radical (unpaired) electrons. The van der Waals surface area contributed by atoms with Gasteiger partial charge in [0.25, 0.3) is 0 Å². The summed E-state index contributed by atoms with van der Waals surface area (Å²) in [5.41, 5.74) is 4.44. The van der Waals surface area contributed by atoms with Crippen LogP contribution in [0.25, 0.3) is 0 Å². The Labute approximate surface area is 185 Å². The van der Waals surface area contributed by atoms with E-state index >= 15 is 0 Å². The first kappa shape index (κ1) is 21.8. The zero-order chi connectivity index (χ0) is 18.7. The van der Waals surface area contributed by atoms with Gasteiger partial charge >= 0.3 is 0 Å². The standard InChI is InChI=1S/C18H24BrN5O2.HI/c1-5-20-18(22-9-14-11(2)23-24(4)12(14)3)21-8-13-6-15(19)17-16(7-13)25-10-26-17;/h6-7H,5,8-10H2,1-4H3,(H2,20,21,22);1H. The van der Waals surface area contributed by atoms with E-state index < -0.39 is 0 Å². The predicted octanol–water partition coefficient (Wildman–Crippen LogP) is 3.40. The summed E-state index contributed by atoms with van der Waals surface area (Å²) in [7, 11) is 1.96. The Kier molecular flexibility index (Phi) is 7.78. The van der Waals surface area contributed by atoms with E-state index in [0.29, 0.717) is 13.1 Å². The molecule has 1 aliphatic heterocycles. The number of hydrogen-bond acceptors (Lipinski definition) is 4. The van der Waals surface area contributed by atoms with Gasteiger partial charge in [-0.1, -0.05) is 0 Å². The summed E-state index contributed by atoms with van der Waals surface area (Å²) >= 11 is 3.52. The van der Waals surface area contributed by atoms with Crippen molar-refractivity contribution in [3.05, 3.63) is 39.1 Å². The van der Waals surface area contributed by atoms with Gasteiger partial charge in [0, 0.05) is 31.4 Å². The first-order valence-electron chi connectivity index (χ1n) is 8.58. The largest absolute Gasteiger partial charge is 0.454 e. The molecule has 1 aromatic heterocycles. The van der Waals surface area contributed by atoms with E-state index in [1.165, 1.54) is 5.56 Å². The smallest absolute Gasteiger partial charge is 0.231 e. The molecule has 0 saturated heterocycles. The third-order valence-electron chi connectivity index (χ3n) is 4.34. The van der Waals surface area contributed by atoms with E-state index in [0.717, 1.165) is 45.4 Å². The molecule has 148 valence electrons. The normalized spacial score (nSPS) is 12.7. The Balaban J connectivity index is 0.00000261. The highest BCUT2D eigenvalue weighted by molar-refractivity contribution is 14.0. The van der Waals surface area contributed by atoms with Gasteiger partial charge in [-0.05, 0) is 54.4 Å². The van der Waals surface area contributed by atoms with Crippen molar-refractivity contribution in [2.45, 2.75) is 33.9 Å². The third kappa shape index (κ3) is 5.07. The monoisotopic (exact) mass is 549 g/mol. The molecule has 2 heterocycles. The van der Waals surface area contributed by atoms with E-state index in [-0.39, 0.29) is 30.8 Å². The Bertz CT molecular complexity index is 838. The average Bonchev–Trinajstić information content (AvgIpc) is 3.16. The lowest BCUT2D eigenvalue weighted by Crippen LogP contribution is -2.37. The maximum Gasteiger partial charge on any atom is 0.231 e. The van der Waals surface area contributed by atoms with Gasteiger partial charge in [-0.2, -0.15) is 5.10 Å². The van der Waals surface area contributed by atoms with Crippen molar-refractivity contribution in [3.63, 3.8) is 0 Å². The van der Waals surface area contributed by atoms with Crippen LogP contribution in [0.1, 0.15) is 29.4 Å². The van der Waals surface area contributed by atoms with Gasteiger partial charge in [0.15, 0.2) is 17.5 Å². The van der Waals surface area contributed by atoms with Crippen molar-refractivity contribution in [3.8, 4) is 11.5 Å². The van der Waals surface area contributed by atoms with Gasteiger partial charge in [-0.3, -0.25) is 4.68 Å². The average molecular weight is 550 g/mol. The second-order valence-corrected chi connectivity index (χ2v) is 6.99. The lowest BCUT2D eigenvalue weighted by atomic mass is 10.2. The summed E-state index contributed by atoms with van der Waals surface area (Å²) in [5, 5.41) is 11.1. The third-order valence-corrected chi connectivity index (χ3v) is 4.93. The van der Waals surface area contributed by atoms with Crippen LogP contribution in [0, 0.1) is 13.8 Å². The summed E-state index contributed by atoms with van der Waals surface area (Å²) < 4.78 is 13.7. The lowest BCUT2D eigenvalue weighted by Gasteiger charge is -2.12. The molecule has 0 amide bonds. The number of aromatic nitrogens is 2. The Morgan fingerprint density at radius 2 is 2.07 bits per heavy atom. The number of rotatable bonds is 5. The van der Waals surface area contributed by atoms with E-state index in [1.807, 2.05) is 30.8 Å². The molecule has 27 heavy (non-hydrogen) atoms. The zero-order valence-corrected chi connectivity index (χ0v) is 19.8. The Morgan fingerprint density at radius 1 is 1.30 bits per heavy atom. The first-order valence-corrected chi connectivity index (χ1v) is 9.38. The second-order valence-electron chi connectivity index (χ2n) is 6.13. The van der Waals surface area contributed by atoms with Crippen molar-refractivity contribution >= 4 is 45.9 Å². The number of ether oxygens (including phenoxy) is 2. The van der Waals surface area contributed by atoms with Gasteiger partial charge in [0.2, 0.25) is 6.79 Å². The number of aliphatic imine (C=N–C) groups is 1. The number of nitrogens with zero attached hydrogens (tertiary/aromatic N) is 3. The predicted molar refractivity (Wildman–Crippen MR) is 120 cm³/mol. The molecule has 7 nitrogen and oxygen atoms in total. The molecule has 0 saturated carbocycles. The molecule has 2 N–H and O–H groups in total. The molecular weight excluding hydrogens is 525 g/mol. The second kappa shape index (κ2) is 9.63. The molecule has 2 aromatic rings. The topological polar surface area (TPSA) is 72.7 Å². The van der Waals surface area contributed by atoms with Crippen LogP contribution in [0.4, 0.5) is 0 Å². The Hall–Kier alpha value is -1.49. The molecule has 0 fully saturated rings. The molecule has 1 aromatic carbocycles. The van der Waals surface area contributed by atoms with Crippen LogP contribution in [-0.2, 0) is 20.1 Å². The fourth-order valence-corrected chi connectivity index (χ4v) is 3.47. The molecule has 9 heteroatoms. The lowest BCUT2D eigenvalue weighted by molar-refractivity contribution is 0.173. The molecule has 0 aliphatic carbocycles. The number of aryl methyl sites for hydroxylation is 2. The number of nitrogens with one attached hydrogen (secondary N) is 2. The fraction of sp³-hybridized carbons (Fsp3) is 0.444. The van der Waals surface area contributed by atoms with Gasteiger partial charge in [0.1, 0.15) is 0 Å². The summed E-state index contributed by atoms with van der Waals surface area (Å²) in [4.78, 5) is 4.68. The van der Waals surface area contributed by atoms with Crippen LogP contribution >= 0.6 is 39.9 Å². The van der Waals surface area contributed by atoms with E-state index in [1.54, 1.807) is 0 Å². The first-order chi connectivity index (χ1) is 12.5.